The van der Waals surface area contributed by atoms with E-state index in [9.17, 15) is 0 Å². The highest BCUT2D eigenvalue weighted by Crippen LogP contribution is 2.20. The number of rotatable bonds is 11. The summed E-state index contributed by atoms with van der Waals surface area (Å²) in [6.07, 6.45) is 0. The summed E-state index contributed by atoms with van der Waals surface area (Å²) in [5.41, 5.74) is 1.22. The van der Waals surface area contributed by atoms with Crippen molar-refractivity contribution >= 4 is 5.69 Å². The molecule has 114 valence electrons. The monoisotopic (exact) mass is 280 g/mol. The van der Waals surface area contributed by atoms with Crippen LogP contribution in [0.4, 0.5) is 5.69 Å². The molecule has 0 aliphatic heterocycles. The Morgan fingerprint density at radius 1 is 1.05 bits per heavy atom. The number of hydrogen-bond acceptors (Lipinski definition) is 4. The fourth-order valence-electron chi connectivity index (χ4n) is 2.01. The van der Waals surface area contributed by atoms with Crippen molar-refractivity contribution in [3.8, 4) is 5.75 Å². The molecule has 1 rings (SSSR count). The number of benzene rings is 1. The quantitative estimate of drug-likeness (QED) is 0.632. The zero-order valence-corrected chi connectivity index (χ0v) is 13.0. The van der Waals surface area contributed by atoms with Gasteiger partial charge in [0.05, 0.1) is 6.61 Å². The van der Waals surface area contributed by atoms with Crippen molar-refractivity contribution in [1.82, 2.24) is 5.32 Å². The molecule has 20 heavy (non-hydrogen) atoms. The normalized spacial score (nSPS) is 10.6. The third kappa shape index (κ3) is 6.26. The van der Waals surface area contributed by atoms with Crippen LogP contribution in [0.25, 0.3) is 0 Å². The molecule has 0 aromatic heterocycles. The van der Waals surface area contributed by atoms with E-state index in [2.05, 4.69) is 36.2 Å². The Morgan fingerprint density at radius 3 is 2.50 bits per heavy atom. The highest BCUT2D eigenvalue weighted by Gasteiger charge is 2.02. The standard InChI is InChI=1S/C16H28N2O2/c1-4-18(5-2)15-8-7-9-16(14-15)20-13-11-17-10-12-19-6-3/h7-9,14,17H,4-6,10-13H2,1-3H3. The van der Waals surface area contributed by atoms with Crippen molar-refractivity contribution in [3.05, 3.63) is 24.3 Å². The fourth-order valence-corrected chi connectivity index (χ4v) is 2.01. The van der Waals surface area contributed by atoms with Crippen molar-refractivity contribution in [1.29, 1.82) is 0 Å². The molecule has 4 heteroatoms. The summed E-state index contributed by atoms with van der Waals surface area (Å²) in [4.78, 5) is 2.31. The first-order chi connectivity index (χ1) is 9.81. The van der Waals surface area contributed by atoms with Crippen LogP contribution < -0.4 is 15.0 Å². The van der Waals surface area contributed by atoms with Crippen LogP contribution in [0, 0.1) is 0 Å². The van der Waals surface area contributed by atoms with Gasteiger partial charge in [-0.2, -0.15) is 0 Å². The zero-order valence-electron chi connectivity index (χ0n) is 13.0. The van der Waals surface area contributed by atoms with Crippen LogP contribution in [0.5, 0.6) is 5.75 Å². The minimum absolute atomic E-state index is 0.674. The first kappa shape index (κ1) is 16.8. The van der Waals surface area contributed by atoms with Gasteiger partial charge in [0.2, 0.25) is 0 Å². The third-order valence-electron chi connectivity index (χ3n) is 3.12. The largest absolute Gasteiger partial charge is 0.492 e. The maximum atomic E-state index is 5.76. The number of ether oxygens (including phenoxy) is 2. The molecule has 0 aliphatic rings. The molecule has 0 spiro atoms. The van der Waals surface area contributed by atoms with Gasteiger partial charge in [-0.15, -0.1) is 0 Å². The Balaban J connectivity index is 2.28. The van der Waals surface area contributed by atoms with Gasteiger partial charge in [-0.05, 0) is 32.9 Å². The minimum Gasteiger partial charge on any atom is -0.492 e. The lowest BCUT2D eigenvalue weighted by Gasteiger charge is -2.21. The van der Waals surface area contributed by atoms with Crippen LogP contribution in [0.15, 0.2) is 24.3 Å². The number of anilines is 1. The number of nitrogens with one attached hydrogen (secondary N) is 1. The van der Waals surface area contributed by atoms with Gasteiger partial charge in [0.1, 0.15) is 12.4 Å². The fraction of sp³-hybridized carbons (Fsp3) is 0.625. The van der Waals surface area contributed by atoms with E-state index in [1.807, 2.05) is 19.1 Å². The van der Waals surface area contributed by atoms with Gasteiger partial charge < -0.3 is 19.7 Å². The molecule has 1 aromatic carbocycles. The van der Waals surface area contributed by atoms with Crippen molar-refractivity contribution in [3.63, 3.8) is 0 Å². The summed E-state index contributed by atoms with van der Waals surface area (Å²) in [5.74, 6) is 0.931. The molecule has 0 amide bonds. The van der Waals surface area contributed by atoms with Crippen molar-refractivity contribution < 1.29 is 9.47 Å². The molecule has 0 bridgehead atoms. The first-order valence-corrected chi connectivity index (χ1v) is 7.58. The zero-order chi connectivity index (χ0) is 14.6. The maximum Gasteiger partial charge on any atom is 0.121 e. The summed E-state index contributed by atoms with van der Waals surface area (Å²) in [5, 5.41) is 3.29. The Morgan fingerprint density at radius 2 is 1.80 bits per heavy atom. The molecule has 1 N–H and O–H groups in total. The van der Waals surface area contributed by atoms with Gasteiger partial charge >= 0.3 is 0 Å². The second kappa shape index (κ2) is 10.5. The van der Waals surface area contributed by atoms with E-state index in [-0.39, 0.29) is 0 Å². The van der Waals surface area contributed by atoms with Crippen LogP contribution in [-0.2, 0) is 4.74 Å². The predicted octanol–water partition coefficient (Wildman–Crippen LogP) is 2.54. The van der Waals surface area contributed by atoms with Crippen molar-refractivity contribution in [2.75, 3.05) is 50.9 Å². The van der Waals surface area contributed by atoms with Gasteiger partial charge in [-0.25, -0.2) is 0 Å². The molecule has 0 saturated carbocycles. The van der Waals surface area contributed by atoms with E-state index in [0.717, 1.165) is 45.1 Å². The molecule has 4 nitrogen and oxygen atoms in total. The van der Waals surface area contributed by atoms with E-state index in [1.165, 1.54) is 5.69 Å². The molecular weight excluding hydrogens is 252 g/mol. The average molecular weight is 280 g/mol. The molecule has 0 radical (unpaired) electrons. The van der Waals surface area contributed by atoms with Crippen LogP contribution in [0.1, 0.15) is 20.8 Å². The summed E-state index contributed by atoms with van der Waals surface area (Å²) < 4.78 is 11.0. The van der Waals surface area contributed by atoms with Gasteiger partial charge in [0, 0.05) is 44.5 Å². The highest BCUT2D eigenvalue weighted by molar-refractivity contribution is 5.50. The molecule has 0 fully saturated rings. The molecule has 1 aromatic rings. The number of hydrogen-bond donors (Lipinski definition) is 1. The topological polar surface area (TPSA) is 33.7 Å². The van der Waals surface area contributed by atoms with E-state index >= 15 is 0 Å². The molecule has 0 atom stereocenters. The second-order valence-corrected chi connectivity index (χ2v) is 4.47. The van der Waals surface area contributed by atoms with Gasteiger partial charge in [-0.1, -0.05) is 6.07 Å². The van der Waals surface area contributed by atoms with Crippen LogP contribution in [-0.4, -0.2) is 46.0 Å². The van der Waals surface area contributed by atoms with Crippen LogP contribution >= 0.6 is 0 Å². The smallest absolute Gasteiger partial charge is 0.121 e. The van der Waals surface area contributed by atoms with E-state index in [1.54, 1.807) is 0 Å². The van der Waals surface area contributed by atoms with E-state index in [0.29, 0.717) is 6.61 Å². The molecule has 0 heterocycles. The number of nitrogens with zero attached hydrogens (tertiary/aromatic N) is 1. The average Bonchev–Trinajstić information content (AvgIpc) is 2.48. The molecular formula is C16H28N2O2. The predicted molar refractivity (Wildman–Crippen MR) is 84.9 cm³/mol. The Hall–Kier alpha value is -1.26. The van der Waals surface area contributed by atoms with Gasteiger partial charge in [0.15, 0.2) is 0 Å². The lowest BCUT2D eigenvalue weighted by atomic mass is 10.2. The maximum absolute atomic E-state index is 5.76. The molecule has 0 saturated heterocycles. The Kier molecular flexibility index (Phi) is 8.83. The molecule has 0 unspecified atom stereocenters. The minimum atomic E-state index is 0.674. The van der Waals surface area contributed by atoms with Crippen molar-refractivity contribution in [2.45, 2.75) is 20.8 Å². The van der Waals surface area contributed by atoms with Crippen LogP contribution in [0.3, 0.4) is 0 Å². The van der Waals surface area contributed by atoms with Gasteiger partial charge in [0.25, 0.3) is 0 Å². The molecule has 0 aliphatic carbocycles. The summed E-state index contributed by atoms with van der Waals surface area (Å²) in [6.45, 7) is 12.3. The second-order valence-electron chi connectivity index (χ2n) is 4.47. The third-order valence-corrected chi connectivity index (χ3v) is 3.12. The lowest BCUT2D eigenvalue weighted by molar-refractivity contribution is 0.148. The van der Waals surface area contributed by atoms with Crippen molar-refractivity contribution in [2.24, 2.45) is 0 Å². The Bertz CT molecular complexity index is 354. The van der Waals surface area contributed by atoms with Gasteiger partial charge in [-0.3, -0.25) is 0 Å². The highest BCUT2D eigenvalue weighted by atomic mass is 16.5. The summed E-state index contributed by atoms with van der Waals surface area (Å²) in [7, 11) is 0. The van der Waals surface area contributed by atoms with E-state index in [4.69, 9.17) is 9.47 Å². The SMILES string of the molecule is CCOCCNCCOc1cccc(N(CC)CC)c1. The summed E-state index contributed by atoms with van der Waals surface area (Å²) >= 11 is 0. The first-order valence-electron chi connectivity index (χ1n) is 7.58. The van der Waals surface area contributed by atoms with E-state index < -0.39 is 0 Å². The lowest BCUT2D eigenvalue weighted by Crippen LogP contribution is -2.25. The van der Waals surface area contributed by atoms with Crippen LogP contribution in [0.2, 0.25) is 0 Å². The Labute approximate surface area is 123 Å². The summed E-state index contributed by atoms with van der Waals surface area (Å²) in [6, 6.07) is 8.28.